The van der Waals surface area contributed by atoms with Crippen molar-refractivity contribution in [1.29, 1.82) is 0 Å². The standard InChI is InChI=1S/C4H8O3.CH3Cl/c1-2-7-3-4(5)6;1-2/h2-3H2,1H3,(H,5,6);1H3. The first-order valence-electron chi connectivity index (χ1n) is 2.44. The van der Waals surface area contributed by atoms with Crippen molar-refractivity contribution in [2.75, 3.05) is 19.6 Å². The molecule has 0 saturated heterocycles. The molecule has 0 amide bonds. The molecule has 3 nitrogen and oxygen atoms in total. The van der Waals surface area contributed by atoms with Crippen LogP contribution in [0.4, 0.5) is 0 Å². The lowest BCUT2D eigenvalue weighted by atomic mass is 10.7. The molecule has 0 rings (SSSR count). The zero-order valence-electron chi connectivity index (χ0n) is 5.56. The van der Waals surface area contributed by atoms with Gasteiger partial charge < -0.3 is 9.84 Å². The molecule has 0 saturated carbocycles. The highest BCUT2D eigenvalue weighted by atomic mass is 35.5. The molecular weight excluding hydrogens is 144 g/mol. The lowest BCUT2D eigenvalue weighted by Gasteiger charge is -1.90. The van der Waals surface area contributed by atoms with Crippen LogP contribution in [-0.4, -0.2) is 30.7 Å². The molecule has 0 aliphatic heterocycles. The maximum absolute atomic E-state index is 9.63. The third kappa shape index (κ3) is 18.3. The molecular formula is C5H11ClO3. The second kappa shape index (κ2) is 10.7. The highest BCUT2D eigenvalue weighted by Gasteiger charge is 1.90. The fourth-order valence-electron chi connectivity index (χ4n) is 0.189. The van der Waals surface area contributed by atoms with E-state index in [0.29, 0.717) is 6.61 Å². The maximum Gasteiger partial charge on any atom is 0.329 e. The van der Waals surface area contributed by atoms with E-state index in [-0.39, 0.29) is 6.61 Å². The summed E-state index contributed by atoms with van der Waals surface area (Å²) in [4.78, 5) is 9.63. The number of hydrogen-bond acceptors (Lipinski definition) is 2. The van der Waals surface area contributed by atoms with Crippen molar-refractivity contribution in [2.45, 2.75) is 6.92 Å². The molecule has 0 aromatic carbocycles. The Kier molecular flexibility index (Phi) is 13.6. The Bertz CT molecular complexity index is 65.2. The number of hydrogen-bond donors (Lipinski definition) is 1. The van der Waals surface area contributed by atoms with E-state index in [1.807, 2.05) is 0 Å². The first kappa shape index (κ1) is 11.5. The second-order valence-electron chi connectivity index (χ2n) is 1.03. The van der Waals surface area contributed by atoms with Crippen molar-refractivity contribution < 1.29 is 14.6 Å². The lowest BCUT2D eigenvalue weighted by molar-refractivity contribution is -0.142. The topological polar surface area (TPSA) is 46.5 Å². The minimum absolute atomic E-state index is 0.184. The van der Waals surface area contributed by atoms with Crippen LogP contribution in [0.15, 0.2) is 0 Å². The number of carboxylic acids is 1. The molecule has 0 unspecified atom stereocenters. The molecule has 4 heteroatoms. The highest BCUT2D eigenvalue weighted by molar-refractivity contribution is 6.15. The Morgan fingerprint density at radius 3 is 2.22 bits per heavy atom. The van der Waals surface area contributed by atoms with Crippen LogP contribution < -0.4 is 0 Å². The predicted octanol–water partition coefficient (Wildman–Crippen LogP) is 0.963. The average Bonchev–Trinajstić information content (AvgIpc) is 1.88. The quantitative estimate of drug-likeness (QED) is 0.616. The molecule has 0 spiro atoms. The zero-order valence-corrected chi connectivity index (χ0v) is 6.31. The smallest absolute Gasteiger partial charge is 0.329 e. The monoisotopic (exact) mass is 154 g/mol. The number of ether oxygens (including phenoxy) is 1. The van der Waals surface area contributed by atoms with Gasteiger partial charge in [0.1, 0.15) is 6.61 Å². The van der Waals surface area contributed by atoms with Crippen LogP contribution in [0, 0.1) is 0 Å². The fourth-order valence-corrected chi connectivity index (χ4v) is 0.189. The van der Waals surface area contributed by atoms with Gasteiger partial charge in [0.05, 0.1) is 0 Å². The molecule has 0 aliphatic carbocycles. The summed E-state index contributed by atoms with van der Waals surface area (Å²) in [6.45, 7) is 2.03. The van der Waals surface area contributed by atoms with E-state index in [0.717, 1.165) is 0 Å². The van der Waals surface area contributed by atoms with Gasteiger partial charge in [-0.2, -0.15) is 0 Å². The lowest BCUT2D eigenvalue weighted by Crippen LogP contribution is -2.05. The average molecular weight is 155 g/mol. The van der Waals surface area contributed by atoms with E-state index < -0.39 is 5.97 Å². The number of carboxylic acid groups (broad SMARTS) is 1. The Morgan fingerprint density at radius 2 is 2.11 bits per heavy atom. The molecule has 0 aliphatic rings. The van der Waals surface area contributed by atoms with Crippen LogP contribution in [0.2, 0.25) is 0 Å². The Balaban J connectivity index is 0. The van der Waals surface area contributed by atoms with Gasteiger partial charge in [0.2, 0.25) is 0 Å². The number of aliphatic carboxylic acids is 1. The summed E-state index contributed by atoms with van der Waals surface area (Å²) in [5.74, 6) is -0.915. The molecule has 9 heavy (non-hydrogen) atoms. The first-order chi connectivity index (χ1) is 4.27. The second-order valence-corrected chi connectivity index (χ2v) is 1.03. The Hall–Kier alpha value is -0.280. The summed E-state index contributed by atoms with van der Waals surface area (Å²) in [5, 5.41) is 7.92. The van der Waals surface area contributed by atoms with Crippen LogP contribution in [-0.2, 0) is 9.53 Å². The summed E-state index contributed by atoms with van der Waals surface area (Å²) in [6, 6.07) is 0. The van der Waals surface area contributed by atoms with Crippen LogP contribution >= 0.6 is 11.6 Å². The van der Waals surface area contributed by atoms with Gasteiger partial charge in [-0.3, -0.25) is 0 Å². The van der Waals surface area contributed by atoms with Crippen molar-refractivity contribution in [3.63, 3.8) is 0 Å². The van der Waals surface area contributed by atoms with Gasteiger partial charge >= 0.3 is 5.97 Å². The number of alkyl halides is 1. The summed E-state index contributed by atoms with van der Waals surface area (Å²) in [5.41, 5.74) is 0. The third-order valence-corrected chi connectivity index (χ3v) is 0.430. The molecule has 56 valence electrons. The summed E-state index contributed by atoms with van der Waals surface area (Å²) in [6.07, 6.45) is 1.47. The highest BCUT2D eigenvalue weighted by Crippen LogP contribution is 1.69. The normalized spacial score (nSPS) is 7.44. The van der Waals surface area contributed by atoms with E-state index in [1.165, 1.54) is 6.38 Å². The van der Waals surface area contributed by atoms with Crippen molar-refractivity contribution in [1.82, 2.24) is 0 Å². The number of rotatable bonds is 3. The summed E-state index contributed by atoms with van der Waals surface area (Å²) >= 11 is 4.64. The minimum Gasteiger partial charge on any atom is -0.480 e. The van der Waals surface area contributed by atoms with E-state index in [1.54, 1.807) is 6.92 Å². The van der Waals surface area contributed by atoms with Crippen LogP contribution in [0.25, 0.3) is 0 Å². The number of carbonyl (C=O) groups is 1. The van der Waals surface area contributed by atoms with E-state index in [9.17, 15) is 4.79 Å². The number of halogens is 1. The maximum atomic E-state index is 9.63. The van der Waals surface area contributed by atoms with Crippen LogP contribution in [0.5, 0.6) is 0 Å². The molecule has 0 fully saturated rings. The van der Waals surface area contributed by atoms with Gasteiger partial charge in [0.15, 0.2) is 0 Å². The molecule has 0 atom stereocenters. The van der Waals surface area contributed by atoms with Gasteiger partial charge in [0, 0.05) is 13.0 Å². The molecule has 1 N–H and O–H groups in total. The van der Waals surface area contributed by atoms with Crippen LogP contribution in [0.1, 0.15) is 6.92 Å². The van der Waals surface area contributed by atoms with Gasteiger partial charge in [-0.05, 0) is 6.92 Å². The van der Waals surface area contributed by atoms with E-state index in [2.05, 4.69) is 16.3 Å². The van der Waals surface area contributed by atoms with Crippen molar-refractivity contribution in [2.24, 2.45) is 0 Å². The molecule has 0 aromatic rings. The largest absolute Gasteiger partial charge is 0.480 e. The van der Waals surface area contributed by atoms with Crippen molar-refractivity contribution in [3.8, 4) is 0 Å². The van der Waals surface area contributed by atoms with E-state index >= 15 is 0 Å². The zero-order chi connectivity index (χ0) is 7.70. The van der Waals surface area contributed by atoms with Gasteiger partial charge in [0.25, 0.3) is 0 Å². The van der Waals surface area contributed by atoms with Crippen molar-refractivity contribution in [3.05, 3.63) is 0 Å². The van der Waals surface area contributed by atoms with Crippen molar-refractivity contribution >= 4 is 17.6 Å². The SMILES string of the molecule is CCOCC(=O)O.CCl. The molecule has 0 radical (unpaired) electrons. The Morgan fingerprint density at radius 1 is 1.67 bits per heavy atom. The summed E-state index contributed by atoms with van der Waals surface area (Å²) in [7, 11) is 0. The van der Waals surface area contributed by atoms with E-state index in [4.69, 9.17) is 5.11 Å². The van der Waals surface area contributed by atoms with Crippen LogP contribution in [0.3, 0.4) is 0 Å². The predicted molar refractivity (Wildman–Crippen MR) is 35.9 cm³/mol. The fraction of sp³-hybridized carbons (Fsp3) is 0.800. The van der Waals surface area contributed by atoms with Gasteiger partial charge in [-0.25, -0.2) is 4.79 Å². The molecule has 0 aromatic heterocycles. The van der Waals surface area contributed by atoms with Gasteiger partial charge in [-0.15, -0.1) is 11.6 Å². The first-order valence-corrected chi connectivity index (χ1v) is 3.20. The Labute approximate surface area is 59.6 Å². The summed E-state index contributed by atoms with van der Waals surface area (Å²) < 4.78 is 4.50. The molecule has 0 bridgehead atoms. The molecule has 0 heterocycles. The third-order valence-electron chi connectivity index (χ3n) is 0.430. The van der Waals surface area contributed by atoms with Gasteiger partial charge in [-0.1, -0.05) is 0 Å². The minimum atomic E-state index is -0.915.